The van der Waals surface area contributed by atoms with Gasteiger partial charge >= 0.3 is 5.97 Å². The first-order chi connectivity index (χ1) is 8.25. The first-order valence-electron chi connectivity index (χ1n) is 5.55. The van der Waals surface area contributed by atoms with Crippen molar-refractivity contribution in [1.29, 1.82) is 0 Å². The van der Waals surface area contributed by atoms with E-state index >= 15 is 0 Å². The first kappa shape index (κ1) is 15.1. The summed E-state index contributed by atoms with van der Waals surface area (Å²) < 4.78 is 26.2. The molecule has 7 heteroatoms. The summed E-state index contributed by atoms with van der Waals surface area (Å²) in [5.41, 5.74) is 0. The Morgan fingerprint density at radius 1 is 1.44 bits per heavy atom. The molecule has 0 unspecified atom stereocenters. The third-order valence-corrected chi connectivity index (χ3v) is 5.94. The lowest BCUT2D eigenvalue weighted by Gasteiger charge is -2.24. The molecular weight excluding hydrogens is 274 g/mol. The van der Waals surface area contributed by atoms with E-state index in [1.165, 1.54) is 15.6 Å². The Labute approximate surface area is 111 Å². The fraction of sp³-hybridized carbons (Fsp3) is 0.545. The molecule has 1 heterocycles. The molecule has 1 rings (SSSR count). The molecule has 1 aromatic rings. The molecule has 1 N–H and O–H groups in total. The van der Waals surface area contributed by atoms with Crippen LogP contribution >= 0.6 is 11.3 Å². The van der Waals surface area contributed by atoms with E-state index in [9.17, 15) is 13.2 Å². The number of carbonyl (C=O) groups is 1. The van der Waals surface area contributed by atoms with Gasteiger partial charge in [-0.25, -0.2) is 8.42 Å². The van der Waals surface area contributed by atoms with Crippen LogP contribution in [0.25, 0.3) is 0 Å². The molecule has 0 amide bonds. The minimum absolute atomic E-state index is 0.00766. The second kappa shape index (κ2) is 5.81. The van der Waals surface area contributed by atoms with Crippen LogP contribution < -0.4 is 0 Å². The first-order valence-corrected chi connectivity index (χ1v) is 7.81. The number of thiophene rings is 1. The fourth-order valence-electron chi connectivity index (χ4n) is 1.53. The standard InChI is InChI=1S/C11H17NO4S2/c1-8(2)12(7-6-10(13)14)18(15,16)11-5-4-9(3)17-11/h4-5,8H,6-7H2,1-3H3,(H,13,14). The molecule has 102 valence electrons. The van der Waals surface area contributed by atoms with Crippen molar-refractivity contribution in [2.45, 2.75) is 37.4 Å². The van der Waals surface area contributed by atoms with Gasteiger partial charge in [-0.15, -0.1) is 11.3 Å². The van der Waals surface area contributed by atoms with Crippen molar-refractivity contribution in [2.24, 2.45) is 0 Å². The molecule has 0 aliphatic carbocycles. The largest absolute Gasteiger partial charge is 0.481 e. The van der Waals surface area contributed by atoms with Crippen LogP contribution in [0.2, 0.25) is 0 Å². The molecule has 18 heavy (non-hydrogen) atoms. The number of hydrogen-bond acceptors (Lipinski definition) is 4. The summed E-state index contributed by atoms with van der Waals surface area (Å²) in [7, 11) is -3.59. The number of rotatable bonds is 6. The van der Waals surface area contributed by atoms with Crippen LogP contribution in [0.5, 0.6) is 0 Å². The van der Waals surface area contributed by atoms with E-state index in [0.717, 1.165) is 4.88 Å². The molecule has 0 aliphatic rings. The lowest BCUT2D eigenvalue weighted by Crippen LogP contribution is -2.38. The monoisotopic (exact) mass is 291 g/mol. The van der Waals surface area contributed by atoms with E-state index < -0.39 is 16.0 Å². The summed E-state index contributed by atoms with van der Waals surface area (Å²) in [5, 5.41) is 8.67. The van der Waals surface area contributed by atoms with Crippen LogP contribution in [0.3, 0.4) is 0 Å². The number of carboxylic acids is 1. The highest BCUT2D eigenvalue weighted by molar-refractivity contribution is 7.91. The maximum Gasteiger partial charge on any atom is 0.304 e. The predicted molar refractivity (Wildman–Crippen MR) is 70.3 cm³/mol. The zero-order valence-corrected chi connectivity index (χ0v) is 12.2. The molecular formula is C11H17NO4S2. The Kier molecular flexibility index (Phi) is 4.89. The minimum atomic E-state index is -3.59. The molecule has 0 spiro atoms. The van der Waals surface area contributed by atoms with Crippen LogP contribution in [-0.2, 0) is 14.8 Å². The lowest BCUT2D eigenvalue weighted by molar-refractivity contribution is -0.137. The summed E-state index contributed by atoms with van der Waals surface area (Å²) in [4.78, 5) is 11.5. The van der Waals surface area contributed by atoms with Crippen LogP contribution in [0.1, 0.15) is 25.1 Å². The number of aliphatic carboxylic acids is 1. The topological polar surface area (TPSA) is 74.7 Å². The van der Waals surface area contributed by atoms with Gasteiger partial charge in [0.1, 0.15) is 4.21 Å². The molecule has 0 aromatic carbocycles. The Morgan fingerprint density at radius 2 is 2.06 bits per heavy atom. The molecule has 0 bridgehead atoms. The molecule has 0 radical (unpaired) electrons. The van der Waals surface area contributed by atoms with Gasteiger partial charge in [0, 0.05) is 17.5 Å². The van der Waals surface area contributed by atoms with E-state index in [-0.39, 0.29) is 23.2 Å². The van der Waals surface area contributed by atoms with Gasteiger partial charge in [0.2, 0.25) is 0 Å². The maximum absolute atomic E-state index is 12.3. The SMILES string of the molecule is Cc1ccc(S(=O)(=O)N(CCC(=O)O)C(C)C)s1. The van der Waals surface area contributed by atoms with Crippen molar-refractivity contribution in [3.8, 4) is 0 Å². The van der Waals surface area contributed by atoms with Crippen molar-refractivity contribution >= 4 is 27.3 Å². The number of nitrogens with zero attached hydrogens (tertiary/aromatic N) is 1. The van der Waals surface area contributed by atoms with E-state index in [0.29, 0.717) is 0 Å². The van der Waals surface area contributed by atoms with Crippen molar-refractivity contribution in [3.05, 3.63) is 17.0 Å². The summed E-state index contributed by atoms with van der Waals surface area (Å²) in [5.74, 6) is -1.00. The third kappa shape index (κ3) is 3.54. The van der Waals surface area contributed by atoms with E-state index in [1.54, 1.807) is 26.0 Å². The second-order valence-corrected chi connectivity index (χ2v) is 7.62. The Morgan fingerprint density at radius 3 is 2.44 bits per heavy atom. The predicted octanol–water partition coefficient (Wildman–Crippen LogP) is 1.93. The van der Waals surface area contributed by atoms with Gasteiger partial charge in [-0.3, -0.25) is 4.79 Å². The highest BCUT2D eigenvalue weighted by Gasteiger charge is 2.28. The molecule has 0 saturated heterocycles. The zero-order valence-electron chi connectivity index (χ0n) is 10.6. The molecule has 0 aliphatic heterocycles. The van der Waals surface area contributed by atoms with Crippen molar-refractivity contribution in [3.63, 3.8) is 0 Å². The van der Waals surface area contributed by atoms with Crippen molar-refractivity contribution in [2.75, 3.05) is 6.54 Å². The fourth-order valence-corrected chi connectivity index (χ4v) is 4.58. The maximum atomic E-state index is 12.3. The van der Waals surface area contributed by atoms with E-state index in [2.05, 4.69) is 0 Å². The summed E-state index contributed by atoms with van der Waals surface area (Å²) in [6, 6.07) is 3.04. The molecule has 0 saturated carbocycles. The van der Waals surface area contributed by atoms with Gasteiger partial charge < -0.3 is 5.11 Å². The molecule has 1 aromatic heterocycles. The van der Waals surface area contributed by atoms with Crippen LogP contribution in [0.15, 0.2) is 16.3 Å². The Hall–Kier alpha value is -0.920. The molecule has 0 atom stereocenters. The Balaban J connectivity index is 3.01. The highest BCUT2D eigenvalue weighted by atomic mass is 32.2. The average Bonchev–Trinajstić information content (AvgIpc) is 2.64. The van der Waals surface area contributed by atoms with Crippen molar-refractivity contribution < 1.29 is 18.3 Å². The molecule has 5 nitrogen and oxygen atoms in total. The normalized spacial score (nSPS) is 12.3. The minimum Gasteiger partial charge on any atom is -0.481 e. The number of carboxylic acid groups (broad SMARTS) is 1. The third-order valence-electron chi connectivity index (χ3n) is 2.40. The van der Waals surface area contributed by atoms with Gasteiger partial charge in [-0.1, -0.05) is 0 Å². The van der Waals surface area contributed by atoms with Crippen molar-refractivity contribution in [1.82, 2.24) is 4.31 Å². The second-order valence-electron chi connectivity index (χ2n) is 4.22. The lowest BCUT2D eigenvalue weighted by atomic mass is 10.3. The van der Waals surface area contributed by atoms with E-state index in [4.69, 9.17) is 5.11 Å². The number of sulfonamides is 1. The Bertz CT molecular complexity index is 519. The number of hydrogen-bond donors (Lipinski definition) is 1. The van der Waals surface area contributed by atoms with Crippen LogP contribution in [0.4, 0.5) is 0 Å². The van der Waals surface area contributed by atoms with Gasteiger partial charge in [-0.2, -0.15) is 4.31 Å². The van der Waals surface area contributed by atoms with Crippen LogP contribution in [0, 0.1) is 6.92 Å². The summed E-state index contributed by atoms with van der Waals surface area (Å²) in [6.07, 6.45) is -0.193. The van der Waals surface area contributed by atoms with E-state index in [1.807, 2.05) is 6.92 Å². The summed E-state index contributed by atoms with van der Waals surface area (Å²) in [6.45, 7) is 5.30. The van der Waals surface area contributed by atoms with Gasteiger partial charge in [-0.05, 0) is 32.9 Å². The van der Waals surface area contributed by atoms with Gasteiger partial charge in [0.05, 0.1) is 6.42 Å². The summed E-state index contributed by atoms with van der Waals surface area (Å²) >= 11 is 1.20. The number of aryl methyl sites for hydroxylation is 1. The molecule has 0 fully saturated rings. The smallest absolute Gasteiger partial charge is 0.304 e. The van der Waals surface area contributed by atoms with Gasteiger partial charge in [0.25, 0.3) is 10.0 Å². The van der Waals surface area contributed by atoms with Gasteiger partial charge in [0.15, 0.2) is 0 Å². The zero-order chi connectivity index (χ0) is 13.9. The quantitative estimate of drug-likeness (QED) is 0.869. The highest BCUT2D eigenvalue weighted by Crippen LogP contribution is 2.25. The van der Waals surface area contributed by atoms with Crippen LogP contribution in [-0.4, -0.2) is 36.4 Å². The average molecular weight is 291 g/mol.